The maximum atomic E-state index is 5.76. The fraction of sp³-hybridized carbons (Fsp3) is 0.750. The van der Waals surface area contributed by atoms with Gasteiger partial charge < -0.3 is 9.73 Å². The highest BCUT2D eigenvalue weighted by Crippen LogP contribution is 2.43. The minimum atomic E-state index is 0.560. The molecule has 0 aromatic carbocycles. The van der Waals surface area contributed by atoms with Crippen LogP contribution in [0.1, 0.15) is 58.1 Å². The second-order valence-corrected chi connectivity index (χ2v) is 7.00. The van der Waals surface area contributed by atoms with Crippen LogP contribution in [0, 0.1) is 11.8 Å². The zero-order valence-electron chi connectivity index (χ0n) is 12.3. The first-order chi connectivity index (χ1) is 9.11. The quantitative estimate of drug-likeness (QED) is 0.827. The molecule has 0 amide bonds. The lowest BCUT2D eigenvalue weighted by Gasteiger charge is -2.35. The summed E-state index contributed by atoms with van der Waals surface area (Å²) in [5, 5.41) is 3.60. The van der Waals surface area contributed by atoms with Gasteiger partial charge in [-0.3, -0.25) is 0 Å². The number of rotatable bonds is 5. The Hall–Kier alpha value is -0.280. The van der Waals surface area contributed by atoms with Crippen LogP contribution in [0.3, 0.4) is 0 Å². The van der Waals surface area contributed by atoms with Crippen molar-refractivity contribution in [3.8, 4) is 0 Å². The van der Waals surface area contributed by atoms with Gasteiger partial charge in [0, 0.05) is 12.0 Å². The first-order valence-corrected chi connectivity index (χ1v) is 8.37. The van der Waals surface area contributed by atoms with Gasteiger partial charge in [-0.2, -0.15) is 0 Å². The Labute approximate surface area is 125 Å². The summed E-state index contributed by atoms with van der Waals surface area (Å²) in [5.74, 6) is 3.29. The van der Waals surface area contributed by atoms with Crippen LogP contribution in [-0.4, -0.2) is 12.6 Å². The van der Waals surface area contributed by atoms with Gasteiger partial charge in [0.25, 0.3) is 0 Å². The summed E-state index contributed by atoms with van der Waals surface area (Å²) in [5.41, 5.74) is 0. The van der Waals surface area contributed by atoms with Gasteiger partial charge in [0.2, 0.25) is 0 Å². The minimum absolute atomic E-state index is 0.560. The Kier molecular flexibility index (Phi) is 5.52. The van der Waals surface area contributed by atoms with E-state index in [0.29, 0.717) is 17.9 Å². The summed E-state index contributed by atoms with van der Waals surface area (Å²) >= 11 is 3.64. The fourth-order valence-electron chi connectivity index (χ4n) is 3.21. The average Bonchev–Trinajstić information content (AvgIpc) is 2.82. The van der Waals surface area contributed by atoms with Gasteiger partial charge in [-0.25, -0.2) is 0 Å². The standard InChI is InChI=1S/C16H26BrNO/c1-4-12-5-6-13(10-18-11(2)3)14(9-12)16-15(17)7-8-19-16/h7-8,11-14,18H,4-6,9-10H2,1-3H3. The molecule has 1 N–H and O–H groups in total. The Morgan fingerprint density at radius 3 is 2.79 bits per heavy atom. The van der Waals surface area contributed by atoms with Crippen LogP contribution >= 0.6 is 15.9 Å². The van der Waals surface area contributed by atoms with Crippen molar-refractivity contribution in [3.05, 3.63) is 22.6 Å². The van der Waals surface area contributed by atoms with Gasteiger partial charge in [-0.1, -0.05) is 33.6 Å². The molecule has 1 saturated carbocycles. The van der Waals surface area contributed by atoms with E-state index < -0.39 is 0 Å². The zero-order valence-corrected chi connectivity index (χ0v) is 13.9. The molecule has 1 aliphatic rings. The van der Waals surface area contributed by atoms with Gasteiger partial charge in [0.05, 0.1) is 10.7 Å². The number of hydrogen-bond donors (Lipinski definition) is 1. The zero-order chi connectivity index (χ0) is 13.8. The van der Waals surface area contributed by atoms with Crippen molar-refractivity contribution in [2.75, 3.05) is 6.54 Å². The molecule has 0 radical (unpaired) electrons. The van der Waals surface area contributed by atoms with E-state index in [9.17, 15) is 0 Å². The number of hydrogen-bond acceptors (Lipinski definition) is 2. The van der Waals surface area contributed by atoms with Crippen molar-refractivity contribution >= 4 is 15.9 Å². The summed E-state index contributed by atoms with van der Waals surface area (Å²) in [7, 11) is 0. The predicted molar refractivity (Wildman–Crippen MR) is 83.4 cm³/mol. The first-order valence-electron chi connectivity index (χ1n) is 7.58. The van der Waals surface area contributed by atoms with E-state index in [1.54, 1.807) is 0 Å². The third kappa shape index (κ3) is 3.85. The van der Waals surface area contributed by atoms with Gasteiger partial charge in [-0.05, 0) is 53.2 Å². The second-order valence-electron chi connectivity index (χ2n) is 6.15. The van der Waals surface area contributed by atoms with E-state index in [4.69, 9.17) is 4.42 Å². The Balaban J connectivity index is 2.09. The van der Waals surface area contributed by atoms with E-state index >= 15 is 0 Å². The monoisotopic (exact) mass is 327 g/mol. The van der Waals surface area contributed by atoms with Crippen molar-refractivity contribution in [2.45, 2.75) is 58.4 Å². The lowest BCUT2D eigenvalue weighted by molar-refractivity contribution is 0.202. The predicted octanol–water partition coefficient (Wildman–Crippen LogP) is 4.95. The fourth-order valence-corrected chi connectivity index (χ4v) is 3.71. The van der Waals surface area contributed by atoms with Crippen LogP contribution in [0.2, 0.25) is 0 Å². The topological polar surface area (TPSA) is 25.2 Å². The lowest BCUT2D eigenvalue weighted by atomic mass is 9.72. The minimum Gasteiger partial charge on any atom is -0.468 e. The van der Waals surface area contributed by atoms with Gasteiger partial charge >= 0.3 is 0 Å². The molecule has 1 aromatic rings. The largest absolute Gasteiger partial charge is 0.468 e. The smallest absolute Gasteiger partial charge is 0.121 e. The summed E-state index contributed by atoms with van der Waals surface area (Å²) in [6.45, 7) is 7.85. The van der Waals surface area contributed by atoms with Crippen LogP contribution in [0.5, 0.6) is 0 Å². The summed E-state index contributed by atoms with van der Waals surface area (Å²) in [6, 6.07) is 2.59. The van der Waals surface area contributed by atoms with Gasteiger partial charge in [0.15, 0.2) is 0 Å². The van der Waals surface area contributed by atoms with E-state index in [1.165, 1.54) is 25.7 Å². The molecule has 1 fully saturated rings. The average molecular weight is 328 g/mol. The highest BCUT2D eigenvalue weighted by atomic mass is 79.9. The van der Waals surface area contributed by atoms with Crippen LogP contribution in [0.25, 0.3) is 0 Å². The number of halogens is 1. The molecular weight excluding hydrogens is 302 g/mol. The van der Waals surface area contributed by atoms with Crippen molar-refractivity contribution in [2.24, 2.45) is 11.8 Å². The van der Waals surface area contributed by atoms with Crippen LogP contribution in [0.15, 0.2) is 21.2 Å². The number of furan rings is 1. The van der Waals surface area contributed by atoms with E-state index in [2.05, 4.69) is 42.0 Å². The van der Waals surface area contributed by atoms with Crippen LogP contribution in [-0.2, 0) is 0 Å². The first kappa shape index (κ1) is 15.1. The van der Waals surface area contributed by atoms with Crippen molar-refractivity contribution in [1.29, 1.82) is 0 Å². The highest BCUT2D eigenvalue weighted by molar-refractivity contribution is 9.10. The molecule has 0 spiro atoms. The van der Waals surface area contributed by atoms with Gasteiger partial charge in [0.1, 0.15) is 5.76 Å². The Morgan fingerprint density at radius 1 is 1.42 bits per heavy atom. The third-order valence-corrected chi connectivity index (χ3v) is 5.10. The molecule has 0 bridgehead atoms. The molecule has 2 rings (SSSR count). The summed E-state index contributed by atoms with van der Waals surface area (Å²) in [6.07, 6.45) is 7.06. The Bertz CT molecular complexity index is 388. The highest BCUT2D eigenvalue weighted by Gasteiger charge is 2.33. The third-order valence-electron chi connectivity index (χ3n) is 4.45. The summed E-state index contributed by atoms with van der Waals surface area (Å²) in [4.78, 5) is 0. The maximum absolute atomic E-state index is 5.76. The van der Waals surface area contributed by atoms with Crippen molar-refractivity contribution in [1.82, 2.24) is 5.32 Å². The molecular formula is C16H26BrNO. The van der Waals surface area contributed by atoms with Crippen LogP contribution < -0.4 is 5.32 Å². The molecule has 19 heavy (non-hydrogen) atoms. The number of nitrogens with one attached hydrogen (secondary N) is 1. The molecule has 0 saturated heterocycles. The maximum Gasteiger partial charge on any atom is 0.121 e. The molecule has 0 aliphatic heterocycles. The molecule has 108 valence electrons. The molecule has 1 heterocycles. The van der Waals surface area contributed by atoms with Crippen LogP contribution in [0.4, 0.5) is 0 Å². The van der Waals surface area contributed by atoms with E-state index in [0.717, 1.165) is 22.7 Å². The summed E-state index contributed by atoms with van der Waals surface area (Å²) < 4.78 is 6.90. The second kappa shape index (κ2) is 6.94. The molecule has 3 unspecified atom stereocenters. The van der Waals surface area contributed by atoms with E-state index in [1.807, 2.05) is 12.3 Å². The van der Waals surface area contributed by atoms with E-state index in [-0.39, 0.29) is 0 Å². The molecule has 1 aliphatic carbocycles. The van der Waals surface area contributed by atoms with Crippen molar-refractivity contribution < 1.29 is 4.42 Å². The SMILES string of the molecule is CCC1CCC(CNC(C)C)C(c2occc2Br)C1. The normalized spacial score (nSPS) is 27.9. The molecule has 3 atom stereocenters. The lowest BCUT2D eigenvalue weighted by Crippen LogP contribution is -2.35. The van der Waals surface area contributed by atoms with Gasteiger partial charge in [-0.15, -0.1) is 0 Å². The molecule has 3 heteroatoms. The Morgan fingerprint density at radius 2 is 2.21 bits per heavy atom. The molecule has 2 nitrogen and oxygen atoms in total. The molecule has 1 aromatic heterocycles. The van der Waals surface area contributed by atoms with Crippen molar-refractivity contribution in [3.63, 3.8) is 0 Å².